The molecule has 1 fully saturated rings. The highest BCUT2D eigenvalue weighted by Gasteiger charge is 2.32. The molecule has 162 valence electrons. The molecule has 9 heteroatoms. The summed E-state index contributed by atoms with van der Waals surface area (Å²) in [6.07, 6.45) is -4.50. The maximum absolute atomic E-state index is 13.2. The average molecular weight is 422 g/mol. The zero-order valence-electron chi connectivity index (χ0n) is 16.9. The van der Waals surface area contributed by atoms with Crippen LogP contribution in [0.3, 0.4) is 0 Å². The van der Waals surface area contributed by atoms with Crippen molar-refractivity contribution in [2.24, 2.45) is 0 Å². The standard InChI is InChI=1S/C21H25F3N4O2/c1-27(2)17-5-3-4-15(12-17)14-25-20(29)26-18-13-16(21(22,23)24)6-7-19(18)28-8-10-30-11-9-28/h3-7,12-13H,8-11,14H2,1-2H3,(H2,25,26,29). The van der Waals surface area contributed by atoms with Gasteiger partial charge < -0.3 is 25.2 Å². The SMILES string of the molecule is CN(C)c1cccc(CNC(=O)Nc2cc(C(F)(F)F)ccc2N2CCOCC2)c1. The molecule has 3 rings (SSSR count). The second-order valence-electron chi connectivity index (χ2n) is 7.20. The number of amides is 2. The summed E-state index contributed by atoms with van der Waals surface area (Å²) in [7, 11) is 3.83. The monoisotopic (exact) mass is 422 g/mol. The highest BCUT2D eigenvalue weighted by Crippen LogP contribution is 2.35. The van der Waals surface area contributed by atoms with E-state index in [0.29, 0.717) is 32.0 Å². The van der Waals surface area contributed by atoms with Crippen LogP contribution >= 0.6 is 0 Å². The van der Waals surface area contributed by atoms with E-state index in [4.69, 9.17) is 4.74 Å². The van der Waals surface area contributed by atoms with E-state index in [2.05, 4.69) is 10.6 Å². The Morgan fingerprint density at radius 3 is 2.53 bits per heavy atom. The lowest BCUT2D eigenvalue weighted by Gasteiger charge is -2.31. The van der Waals surface area contributed by atoms with E-state index < -0.39 is 17.8 Å². The Hall–Kier alpha value is -2.94. The zero-order chi connectivity index (χ0) is 21.7. The molecule has 0 unspecified atom stereocenters. The Kier molecular flexibility index (Phi) is 6.71. The zero-order valence-corrected chi connectivity index (χ0v) is 16.9. The summed E-state index contributed by atoms with van der Waals surface area (Å²) in [6.45, 7) is 2.29. The van der Waals surface area contributed by atoms with Gasteiger partial charge in [-0.2, -0.15) is 13.2 Å². The highest BCUT2D eigenvalue weighted by molar-refractivity contribution is 5.93. The van der Waals surface area contributed by atoms with Crippen molar-refractivity contribution in [3.63, 3.8) is 0 Å². The number of carbonyl (C=O) groups is 1. The fraction of sp³-hybridized carbons (Fsp3) is 0.381. The number of urea groups is 1. The van der Waals surface area contributed by atoms with Gasteiger partial charge in [0.15, 0.2) is 0 Å². The minimum atomic E-state index is -4.50. The molecule has 1 aliphatic rings. The van der Waals surface area contributed by atoms with Gasteiger partial charge in [0.25, 0.3) is 0 Å². The Morgan fingerprint density at radius 1 is 1.13 bits per heavy atom. The first-order valence-corrected chi connectivity index (χ1v) is 9.59. The van der Waals surface area contributed by atoms with Crippen LogP contribution in [-0.2, 0) is 17.5 Å². The minimum absolute atomic E-state index is 0.117. The third-order valence-corrected chi connectivity index (χ3v) is 4.80. The lowest BCUT2D eigenvalue weighted by atomic mass is 10.1. The molecule has 0 spiro atoms. The first-order chi connectivity index (χ1) is 14.2. The molecule has 30 heavy (non-hydrogen) atoms. The van der Waals surface area contributed by atoms with Crippen molar-refractivity contribution in [3.8, 4) is 0 Å². The van der Waals surface area contributed by atoms with Crippen molar-refractivity contribution < 1.29 is 22.7 Å². The number of benzene rings is 2. The van der Waals surface area contributed by atoms with Crippen molar-refractivity contribution in [1.82, 2.24) is 5.32 Å². The van der Waals surface area contributed by atoms with E-state index >= 15 is 0 Å². The van der Waals surface area contributed by atoms with Gasteiger partial charge >= 0.3 is 12.2 Å². The maximum Gasteiger partial charge on any atom is 0.416 e. The quantitative estimate of drug-likeness (QED) is 0.767. The number of alkyl halides is 3. The average Bonchev–Trinajstić information content (AvgIpc) is 2.72. The number of anilines is 3. The molecule has 1 saturated heterocycles. The smallest absolute Gasteiger partial charge is 0.378 e. The third kappa shape index (κ3) is 5.56. The number of rotatable bonds is 5. The van der Waals surface area contributed by atoms with E-state index in [1.54, 1.807) is 0 Å². The number of hydrogen-bond acceptors (Lipinski definition) is 4. The fourth-order valence-electron chi connectivity index (χ4n) is 3.19. The Labute approximate surface area is 173 Å². The van der Waals surface area contributed by atoms with E-state index in [-0.39, 0.29) is 12.2 Å². The second-order valence-corrected chi connectivity index (χ2v) is 7.20. The third-order valence-electron chi connectivity index (χ3n) is 4.80. The Morgan fingerprint density at radius 2 is 1.87 bits per heavy atom. The Bertz CT molecular complexity index is 881. The van der Waals surface area contributed by atoms with Crippen molar-refractivity contribution in [2.75, 3.05) is 55.5 Å². The number of ether oxygens (including phenoxy) is 1. The molecule has 0 aliphatic carbocycles. The molecule has 2 aromatic rings. The molecule has 0 saturated carbocycles. The molecule has 0 atom stereocenters. The number of hydrogen-bond donors (Lipinski definition) is 2. The summed E-state index contributed by atoms with van der Waals surface area (Å²) in [5, 5.41) is 5.29. The van der Waals surface area contributed by atoms with Crippen molar-refractivity contribution >= 4 is 23.1 Å². The van der Waals surface area contributed by atoms with Gasteiger partial charge in [0, 0.05) is 39.4 Å². The van der Waals surface area contributed by atoms with E-state index in [1.165, 1.54) is 6.07 Å². The highest BCUT2D eigenvalue weighted by atomic mass is 19.4. The number of carbonyl (C=O) groups excluding carboxylic acids is 1. The van der Waals surface area contributed by atoms with Crippen LogP contribution in [0.15, 0.2) is 42.5 Å². The minimum Gasteiger partial charge on any atom is -0.378 e. The van der Waals surface area contributed by atoms with Gasteiger partial charge in [-0.05, 0) is 35.9 Å². The summed E-state index contributed by atoms with van der Waals surface area (Å²) in [6, 6.07) is 10.5. The van der Waals surface area contributed by atoms with E-state index in [0.717, 1.165) is 23.4 Å². The van der Waals surface area contributed by atoms with Gasteiger partial charge in [-0.1, -0.05) is 12.1 Å². The van der Waals surface area contributed by atoms with Crippen LogP contribution in [0, 0.1) is 0 Å². The van der Waals surface area contributed by atoms with Crippen LogP contribution in [0.25, 0.3) is 0 Å². The molecule has 1 heterocycles. The van der Waals surface area contributed by atoms with Gasteiger partial charge in [-0.25, -0.2) is 4.79 Å². The summed E-state index contributed by atoms with van der Waals surface area (Å²) >= 11 is 0. The van der Waals surface area contributed by atoms with Gasteiger partial charge in [0.1, 0.15) is 0 Å². The van der Waals surface area contributed by atoms with Crippen LogP contribution in [0.1, 0.15) is 11.1 Å². The van der Waals surface area contributed by atoms with Gasteiger partial charge in [-0.15, -0.1) is 0 Å². The van der Waals surface area contributed by atoms with Crippen molar-refractivity contribution in [2.45, 2.75) is 12.7 Å². The van der Waals surface area contributed by atoms with Crippen LogP contribution in [0.5, 0.6) is 0 Å². The molecular formula is C21H25F3N4O2. The molecule has 0 radical (unpaired) electrons. The molecule has 1 aliphatic heterocycles. The predicted octanol–water partition coefficient (Wildman–Crippen LogP) is 3.93. The van der Waals surface area contributed by atoms with Crippen LogP contribution < -0.4 is 20.4 Å². The van der Waals surface area contributed by atoms with E-state index in [1.807, 2.05) is 48.2 Å². The molecule has 0 aromatic heterocycles. The number of morpholine rings is 1. The largest absolute Gasteiger partial charge is 0.416 e. The molecule has 2 N–H and O–H groups in total. The van der Waals surface area contributed by atoms with Gasteiger partial charge in [0.2, 0.25) is 0 Å². The van der Waals surface area contributed by atoms with Crippen molar-refractivity contribution in [3.05, 3.63) is 53.6 Å². The number of nitrogens with zero attached hydrogens (tertiary/aromatic N) is 2. The number of halogens is 3. The summed E-state index contributed by atoms with van der Waals surface area (Å²) in [4.78, 5) is 16.3. The first-order valence-electron chi connectivity index (χ1n) is 9.59. The molecule has 0 bridgehead atoms. The first kappa shape index (κ1) is 21.8. The van der Waals surface area contributed by atoms with Crippen LogP contribution in [0.4, 0.5) is 35.0 Å². The topological polar surface area (TPSA) is 56.8 Å². The van der Waals surface area contributed by atoms with Crippen LogP contribution in [-0.4, -0.2) is 46.4 Å². The Balaban J connectivity index is 1.74. The second kappa shape index (κ2) is 9.25. The van der Waals surface area contributed by atoms with Crippen molar-refractivity contribution in [1.29, 1.82) is 0 Å². The number of nitrogens with one attached hydrogen (secondary N) is 2. The lowest BCUT2D eigenvalue weighted by molar-refractivity contribution is -0.137. The fourth-order valence-corrected chi connectivity index (χ4v) is 3.19. The normalized spacial score (nSPS) is 14.4. The lowest BCUT2D eigenvalue weighted by Crippen LogP contribution is -2.37. The maximum atomic E-state index is 13.2. The van der Waals surface area contributed by atoms with E-state index in [9.17, 15) is 18.0 Å². The van der Waals surface area contributed by atoms with Crippen LogP contribution in [0.2, 0.25) is 0 Å². The molecular weight excluding hydrogens is 397 g/mol. The summed E-state index contributed by atoms with van der Waals surface area (Å²) < 4.78 is 44.9. The molecule has 2 amide bonds. The predicted molar refractivity (Wildman–Crippen MR) is 111 cm³/mol. The molecule has 6 nitrogen and oxygen atoms in total. The van der Waals surface area contributed by atoms with Gasteiger partial charge in [0.05, 0.1) is 30.2 Å². The summed E-state index contributed by atoms with van der Waals surface area (Å²) in [5.74, 6) is 0. The summed E-state index contributed by atoms with van der Waals surface area (Å²) in [5.41, 5.74) is 1.71. The van der Waals surface area contributed by atoms with Gasteiger partial charge in [-0.3, -0.25) is 0 Å². The molecule has 2 aromatic carbocycles.